The molecule has 0 aliphatic rings. The van der Waals surface area contributed by atoms with Crippen LogP contribution in [0.25, 0.3) is 11.5 Å². The van der Waals surface area contributed by atoms with Crippen molar-refractivity contribution in [2.45, 2.75) is 6.04 Å². The third-order valence-corrected chi connectivity index (χ3v) is 4.79. The molecule has 0 saturated heterocycles. The van der Waals surface area contributed by atoms with Crippen LogP contribution < -0.4 is 10.6 Å². The molecule has 0 spiro atoms. The molecule has 1 aromatic heterocycles. The van der Waals surface area contributed by atoms with Gasteiger partial charge in [-0.3, -0.25) is 0 Å². The number of hydrogen-bond donors (Lipinski definition) is 2. The summed E-state index contributed by atoms with van der Waals surface area (Å²) < 4.78 is 5.87. The molecule has 4 aromatic rings. The van der Waals surface area contributed by atoms with Crippen LogP contribution in [0.4, 0.5) is 10.5 Å². The van der Waals surface area contributed by atoms with Crippen molar-refractivity contribution in [3.63, 3.8) is 0 Å². The Balaban J connectivity index is 1.60. The van der Waals surface area contributed by atoms with Gasteiger partial charge in [-0.2, -0.15) is 0 Å². The molecule has 0 fully saturated rings. The van der Waals surface area contributed by atoms with E-state index in [0.29, 0.717) is 21.6 Å². The number of benzene rings is 3. The topological polar surface area (TPSA) is 80.0 Å². The van der Waals surface area contributed by atoms with Gasteiger partial charge in [0, 0.05) is 21.3 Å². The van der Waals surface area contributed by atoms with E-state index in [1.807, 2.05) is 30.3 Å². The average Bonchev–Trinajstić information content (AvgIpc) is 3.25. The summed E-state index contributed by atoms with van der Waals surface area (Å²) in [5, 5.41) is 15.1. The second kappa shape index (κ2) is 8.98. The maximum Gasteiger partial charge on any atom is 0.320 e. The lowest BCUT2D eigenvalue weighted by atomic mass is 10.1. The monoisotopic (exact) mass is 438 g/mol. The SMILES string of the molecule is O=C(Nc1ccc(Cl)cc1)NC(c1ccc(Cl)cc1)c1nnc(-c2ccccc2)o1. The van der Waals surface area contributed by atoms with Gasteiger partial charge in [0.2, 0.25) is 11.8 Å². The molecule has 0 aliphatic carbocycles. The summed E-state index contributed by atoms with van der Waals surface area (Å²) in [6.07, 6.45) is 0. The number of nitrogens with zero attached hydrogens (tertiary/aromatic N) is 2. The maximum atomic E-state index is 12.6. The Kier molecular flexibility index (Phi) is 5.97. The van der Waals surface area contributed by atoms with Gasteiger partial charge in [0.25, 0.3) is 0 Å². The zero-order chi connectivity index (χ0) is 20.9. The lowest BCUT2D eigenvalue weighted by Crippen LogP contribution is -2.33. The summed E-state index contributed by atoms with van der Waals surface area (Å²) in [4.78, 5) is 12.6. The number of amides is 2. The molecule has 0 radical (unpaired) electrons. The highest BCUT2D eigenvalue weighted by molar-refractivity contribution is 6.30. The van der Waals surface area contributed by atoms with Crippen molar-refractivity contribution in [3.8, 4) is 11.5 Å². The van der Waals surface area contributed by atoms with Crippen LogP contribution in [-0.4, -0.2) is 16.2 Å². The fraction of sp³-hybridized carbons (Fsp3) is 0.0455. The van der Waals surface area contributed by atoms with Crippen LogP contribution >= 0.6 is 23.2 Å². The molecule has 2 N–H and O–H groups in total. The third-order valence-electron chi connectivity index (χ3n) is 4.29. The van der Waals surface area contributed by atoms with Crippen LogP contribution in [0.15, 0.2) is 83.3 Å². The molecule has 1 heterocycles. The van der Waals surface area contributed by atoms with Gasteiger partial charge < -0.3 is 15.1 Å². The van der Waals surface area contributed by atoms with E-state index in [2.05, 4.69) is 20.8 Å². The van der Waals surface area contributed by atoms with Crippen molar-refractivity contribution in [1.29, 1.82) is 0 Å². The molecule has 150 valence electrons. The lowest BCUT2D eigenvalue weighted by Gasteiger charge is -2.16. The first-order valence-electron chi connectivity index (χ1n) is 9.06. The van der Waals surface area contributed by atoms with Gasteiger partial charge in [-0.1, -0.05) is 53.5 Å². The summed E-state index contributed by atoms with van der Waals surface area (Å²) >= 11 is 11.9. The molecule has 1 atom stereocenters. The van der Waals surface area contributed by atoms with Crippen molar-refractivity contribution in [1.82, 2.24) is 15.5 Å². The number of anilines is 1. The predicted octanol–water partition coefficient (Wildman–Crippen LogP) is 5.95. The van der Waals surface area contributed by atoms with Gasteiger partial charge in [-0.15, -0.1) is 10.2 Å². The lowest BCUT2D eigenvalue weighted by molar-refractivity contribution is 0.248. The second-order valence-corrected chi connectivity index (χ2v) is 7.27. The minimum absolute atomic E-state index is 0.252. The molecule has 8 heteroatoms. The minimum atomic E-state index is -0.667. The Morgan fingerprint density at radius 3 is 2.13 bits per heavy atom. The average molecular weight is 439 g/mol. The van der Waals surface area contributed by atoms with E-state index in [4.69, 9.17) is 27.6 Å². The fourth-order valence-corrected chi connectivity index (χ4v) is 3.07. The number of hydrogen-bond acceptors (Lipinski definition) is 4. The van der Waals surface area contributed by atoms with E-state index in [1.54, 1.807) is 48.5 Å². The Bertz CT molecular complexity index is 1130. The second-order valence-electron chi connectivity index (χ2n) is 6.40. The van der Waals surface area contributed by atoms with Crippen molar-refractivity contribution >= 4 is 34.9 Å². The summed E-state index contributed by atoms with van der Waals surface area (Å²) in [7, 11) is 0. The van der Waals surface area contributed by atoms with E-state index in [9.17, 15) is 4.79 Å². The number of halogens is 2. The number of carbonyl (C=O) groups excluding carboxylic acids is 1. The smallest absolute Gasteiger partial charge is 0.320 e. The third kappa shape index (κ3) is 4.79. The van der Waals surface area contributed by atoms with Gasteiger partial charge in [0.05, 0.1) is 0 Å². The minimum Gasteiger partial charge on any atom is -0.418 e. The molecule has 3 aromatic carbocycles. The van der Waals surface area contributed by atoms with Crippen LogP contribution in [0.1, 0.15) is 17.5 Å². The number of rotatable bonds is 5. The molecule has 0 saturated carbocycles. The van der Waals surface area contributed by atoms with Crippen molar-refractivity contribution in [3.05, 3.63) is 100 Å². The highest BCUT2D eigenvalue weighted by Gasteiger charge is 2.23. The number of nitrogens with one attached hydrogen (secondary N) is 2. The molecular weight excluding hydrogens is 423 g/mol. The van der Waals surface area contributed by atoms with Gasteiger partial charge >= 0.3 is 6.03 Å². The largest absolute Gasteiger partial charge is 0.418 e. The van der Waals surface area contributed by atoms with Crippen molar-refractivity contribution < 1.29 is 9.21 Å². The van der Waals surface area contributed by atoms with E-state index in [1.165, 1.54) is 0 Å². The van der Waals surface area contributed by atoms with Gasteiger partial charge in [0.15, 0.2) is 0 Å². The van der Waals surface area contributed by atoms with E-state index >= 15 is 0 Å². The Hall–Kier alpha value is -3.35. The quantitative estimate of drug-likeness (QED) is 0.403. The van der Waals surface area contributed by atoms with E-state index in [-0.39, 0.29) is 5.89 Å². The van der Waals surface area contributed by atoms with Crippen molar-refractivity contribution in [2.75, 3.05) is 5.32 Å². The Morgan fingerprint density at radius 1 is 0.833 bits per heavy atom. The first-order valence-corrected chi connectivity index (χ1v) is 9.81. The van der Waals surface area contributed by atoms with Crippen LogP contribution in [0, 0.1) is 0 Å². The molecule has 2 amide bonds. The van der Waals surface area contributed by atoms with Crippen LogP contribution in [0.2, 0.25) is 10.0 Å². The fourth-order valence-electron chi connectivity index (χ4n) is 2.82. The Morgan fingerprint density at radius 2 is 1.47 bits per heavy atom. The predicted molar refractivity (Wildman–Crippen MR) is 117 cm³/mol. The number of carbonyl (C=O) groups is 1. The zero-order valence-electron chi connectivity index (χ0n) is 15.5. The molecular formula is C22H16Cl2N4O2. The summed E-state index contributed by atoms with van der Waals surface area (Å²) in [6, 6.07) is 22.2. The highest BCUT2D eigenvalue weighted by atomic mass is 35.5. The van der Waals surface area contributed by atoms with Gasteiger partial charge in [-0.25, -0.2) is 4.79 Å². The summed E-state index contributed by atoms with van der Waals surface area (Å²) in [6.45, 7) is 0. The Labute approximate surface area is 182 Å². The van der Waals surface area contributed by atoms with Crippen LogP contribution in [0.5, 0.6) is 0 Å². The van der Waals surface area contributed by atoms with Crippen molar-refractivity contribution in [2.24, 2.45) is 0 Å². The number of urea groups is 1. The first-order chi connectivity index (χ1) is 14.6. The molecule has 0 aliphatic heterocycles. The number of aromatic nitrogens is 2. The van der Waals surface area contributed by atoms with Gasteiger partial charge in [0.1, 0.15) is 6.04 Å². The van der Waals surface area contributed by atoms with E-state index in [0.717, 1.165) is 11.1 Å². The standard InChI is InChI=1S/C22H16Cl2N4O2/c23-16-8-6-14(7-9-16)19(26-22(29)25-18-12-10-17(24)11-13-18)21-28-27-20(30-21)15-4-2-1-3-5-15/h1-13,19H,(H2,25,26,29). The van der Waals surface area contributed by atoms with Crippen LogP contribution in [0.3, 0.4) is 0 Å². The molecule has 6 nitrogen and oxygen atoms in total. The molecule has 4 rings (SSSR count). The maximum absolute atomic E-state index is 12.6. The van der Waals surface area contributed by atoms with Gasteiger partial charge in [-0.05, 0) is 54.1 Å². The highest BCUT2D eigenvalue weighted by Crippen LogP contribution is 2.26. The first kappa shape index (κ1) is 19.9. The molecule has 30 heavy (non-hydrogen) atoms. The van der Waals surface area contributed by atoms with E-state index < -0.39 is 12.1 Å². The summed E-state index contributed by atoms with van der Waals surface area (Å²) in [5.74, 6) is 0.618. The van der Waals surface area contributed by atoms with Crippen LogP contribution in [-0.2, 0) is 0 Å². The zero-order valence-corrected chi connectivity index (χ0v) is 17.1. The normalized spacial score (nSPS) is 11.7. The summed E-state index contributed by atoms with van der Waals surface area (Å²) in [5.41, 5.74) is 2.13. The molecule has 1 unspecified atom stereocenters. The molecule has 0 bridgehead atoms.